The number of pyridine rings is 1. The SMILES string of the molecule is Cc1nc(-c2ccncc2)sc1CCNC(=O)N1CCOCC1. The highest BCUT2D eigenvalue weighted by Gasteiger charge is 2.16. The van der Waals surface area contributed by atoms with Crippen LogP contribution >= 0.6 is 11.3 Å². The fourth-order valence-electron chi connectivity index (χ4n) is 2.44. The van der Waals surface area contributed by atoms with Gasteiger partial charge in [0.15, 0.2) is 0 Å². The monoisotopic (exact) mass is 332 g/mol. The number of hydrogen-bond acceptors (Lipinski definition) is 5. The number of morpholine rings is 1. The molecule has 0 radical (unpaired) electrons. The molecule has 0 bridgehead atoms. The minimum atomic E-state index is -0.00942. The van der Waals surface area contributed by atoms with Crippen LogP contribution in [0.3, 0.4) is 0 Å². The molecule has 122 valence electrons. The summed E-state index contributed by atoms with van der Waals surface area (Å²) >= 11 is 1.68. The van der Waals surface area contributed by atoms with Crippen molar-refractivity contribution in [2.75, 3.05) is 32.8 Å². The first-order valence-corrected chi connectivity index (χ1v) is 8.53. The Hall–Kier alpha value is -1.99. The van der Waals surface area contributed by atoms with E-state index in [-0.39, 0.29) is 6.03 Å². The molecule has 0 aliphatic carbocycles. The summed E-state index contributed by atoms with van der Waals surface area (Å²) in [6.45, 7) is 5.21. The third-order valence-corrected chi connectivity index (χ3v) is 5.01. The van der Waals surface area contributed by atoms with Crippen molar-refractivity contribution in [2.24, 2.45) is 0 Å². The second kappa shape index (κ2) is 7.52. The molecular formula is C16H20N4O2S. The lowest BCUT2D eigenvalue weighted by atomic mass is 10.3. The quantitative estimate of drug-likeness (QED) is 0.931. The van der Waals surface area contributed by atoms with Crippen molar-refractivity contribution < 1.29 is 9.53 Å². The van der Waals surface area contributed by atoms with Crippen molar-refractivity contribution in [1.29, 1.82) is 0 Å². The molecule has 1 N–H and O–H groups in total. The summed E-state index contributed by atoms with van der Waals surface area (Å²) in [7, 11) is 0. The number of nitrogens with one attached hydrogen (secondary N) is 1. The van der Waals surface area contributed by atoms with Crippen LogP contribution in [-0.4, -0.2) is 53.7 Å². The molecule has 3 heterocycles. The summed E-state index contributed by atoms with van der Waals surface area (Å²) in [6.07, 6.45) is 4.34. The molecular weight excluding hydrogens is 312 g/mol. The van der Waals surface area contributed by atoms with E-state index in [1.165, 1.54) is 4.88 Å². The van der Waals surface area contributed by atoms with Gasteiger partial charge in [-0.15, -0.1) is 11.3 Å². The summed E-state index contributed by atoms with van der Waals surface area (Å²) in [5.74, 6) is 0. The average Bonchev–Trinajstić information content (AvgIpc) is 2.97. The molecule has 1 aliphatic rings. The number of nitrogens with zero attached hydrogens (tertiary/aromatic N) is 3. The third kappa shape index (κ3) is 4.05. The van der Waals surface area contributed by atoms with Crippen LogP contribution in [0.1, 0.15) is 10.6 Å². The van der Waals surface area contributed by atoms with Crippen molar-refractivity contribution in [3.8, 4) is 10.6 Å². The van der Waals surface area contributed by atoms with E-state index in [4.69, 9.17) is 4.74 Å². The molecule has 7 heteroatoms. The van der Waals surface area contributed by atoms with Gasteiger partial charge in [0.2, 0.25) is 0 Å². The number of ether oxygens (including phenoxy) is 1. The highest BCUT2D eigenvalue weighted by Crippen LogP contribution is 2.27. The zero-order valence-electron chi connectivity index (χ0n) is 13.1. The van der Waals surface area contributed by atoms with Gasteiger partial charge in [0.25, 0.3) is 0 Å². The highest BCUT2D eigenvalue weighted by atomic mass is 32.1. The van der Waals surface area contributed by atoms with E-state index in [1.807, 2.05) is 19.1 Å². The van der Waals surface area contributed by atoms with Gasteiger partial charge in [-0.3, -0.25) is 4.98 Å². The van der Waals surface area contributed by atoms with Gasteiger partial charge in [-0.2, -0.15) is 0 Å². The fourth-order valence-corrected chi connectivity index (χ4v) is 3.51. The van der Waals surface area contributed by atoms with E-state index in [0.717, 1.165) is 22.7 Å². The van der Waals surface area contributed by atoms with Gasteiger partial charge in [0, 0.05) is 48.9 Å². The number of carbonyl (C=O) groups excluding carboxylic acids is 1. The van der Waals surface area contributed by atoms with Crippen molar-refractivity contribution >= 4 is 17.4 Å². The van der Waals surface area contributed by atoms with Crippen molar-refractivity contribution in [1.82, 2.24) is 20.2 Å². The minimum absolute atomic E-state index is 0.00942. The maximum atomic E-state index is 12.0. The number of aromatic nitrogens is 2. The zero-order chi connectivity index (χ0) is 16.1. The summed E-state index contributed by atoms with van der Waals surface area (Å²) < 4.78 is 5.25. The Morgan fingerprint density at radius 3 is 2.83 bits per heavy atom. The largest absolute Gasteiger partial charge is 0.378 e. The van der Waals surface area contributed by atoms with Crippen LogP contribution in [0, 0.1) is 6.92 Å². The molecule has 23 heavy (non-hydrogen) atoms. The normalized spacial score (nSPS) is 14.7. The molecule has 0 saturated carbocycles. The Kier molecular flexibility index (Phi) is 5.19. The molecule has 2 amide bonds. The fraction of sp³-hybridized carbons (Fsp3) is 0.438. The van der Waals surface area contributed by atoms with E-state index in [9.17, 15) is 4.79 Å². The Morgan fingerprint density at radius 1 is 1.35 bits per heavy atom. The number of thiazole rings is 1. The van der Waals surface area contributed by atoms with Crippen molar-refractivity contribution in [3.05, 3.63) is 35.1 Å². The first-order chi connectivity index (χ1) is 11.2. The number of amides is 2. The lowest BCUT2D eigenvalue weighted by Gasteiger charge is -2.26. The van der Waals surface area contributed by atoms with Crippen LogP contribution in [0.2, 0.25) is 0 Å². The maximum Gasteiger partial charge on any atom is 0.317 e. The van der Waals surface area contributed by atoms with Gasteiger partial charge in [0.1, 0.15) is 5.01 Å². The van der Waals surface area contributed by atoms with Gasteiger partial charge in [-0.25, -0.2) is 9.78 Å². The van der Waals surface area contributed by atoms with Crippen molar-refractivity contribution in [2.45, 2.75) is 13.3 Å². The van der Waals surface area contributed by atoms with Crippen molar-refractivity contribution in [3.63, 3.8) is 0 Å². The first-order valence-electron chi connectivity index (χ1n) is 7.71. The van der Waals surface area contributed by atoms with E-state index in [0.29, 0.717) is 32.8 Å². The van der Waals surface area contributed by atoms with Crippen LogP contribution < -0.4 is 5.32 Å². The van der Waals surface area contributed by atoms with Gasteiger partial charge < -0.3 is 15.0 Å². The molecule has 0 aromatic carbocycles. The molecule has 2 aromatic rings. The van der Waals surface area contributed by atoms with E-state index in [2.05, 4.69) is 15.3 Å². The predicted octanol–water partition coefficient (Wildman–Crippen LogP) is 2.10. The molecule has 3 rings (SSSR count). The van der Waals surface area contributed by atoms with Gasteiger partial charge in [-0.1, -0.05) is 0 Å². The number of hydrogen-bond donors (Lipinski definition) is 1. The van der Waals surface area contributed by atoms with E-state index in [1.54, 1.807) is 28.6 Å². The molecule has 6 nitrogen and oxygen atoms in total. The minimum Gasteiger partial charge on any atom is -0.378 e. The van der Waals surface area contributed by atoms with Crippen LogP contribution in [-0.2, 0) is 11.2 Å². The molecule has 0 spiro atoms. The summed E-state index contributed by atoms with van der Waals surface area (Å²) in [6, 6.07) is 3.91. The maximum absolute atomic E-state index is 12.0. The molecule has 1 aliphatic heterocycles. The average molecular weight is 332 g/mol. The Morgan fingerprint density at radius 2 is 2.09 bits per heavy atom. The number of carbonyl (C=O) groups is 1. The Bertz CT molecular complexity index is 653. The van der Waals surface area contributed by atoms with Crippen LogP contribution in [0.25, 0.3) is 10.6 Å². The molecule has 1 fully saturated rings. The number of rotatable bonds is 4. The topological polar surface area (TPSA) is 67.4 Å². The molecule has 0 unspecified atom stereocenters. The van der Waals surface area contributed by atoms with Crippen LogP contribution in [0.4, 0.5) is 4.79 Å². The van der Waals surface area contributed by atoms with Gasteiger partial charge >= 0.3 is 6.03 Å². The molecule has 1 saturated heterocycles. The smallest absolute Gasteiger partial charge is 0.317 e. The summed E-state index contributed by atoms with van der Waals surface area (Å²) in [4.78, 5) is 23.7. The zero-order valence-corrected chi connectivity index (χ0v) is 13.9. The predicted molar refractivity (Wildman–Crippen MR) is 89.6 cm³/mol. The summed E-state index contributed by atoms with van der Waals surface area (Å²) in [5, 5.41) is 3.98. The van der Waals surface area contributed by atoms with E-state index >= 15 is 0 Å². The van der Waals surface area contributed by atoms with Crippen LogP contribution in [0.15, 0.2) is 24.5 Å². The second-order valence-corrected chi connectivity index (χ2v) is 6.43. The standard InChI is InChI=1S/C16H20N4O2S/c1-12-14(23-15(19-12)13-2-5-17-6-3-13)4-7-18-16(21)20-8-10-22-11-9-20/h2-3,5-6H,4,7-11H2,1H3,(H,18,21). The molecule has 2 aromatic heterocycles. The first kappa shape index (κ1) is 15.9. The summed E-state index contributed by atoms with van der Waals surface area (Å²) in [5.41, 5.74) is 2.11. The lowest BCUT2D eigenvalue weighted by molar-refractivity contribution is 0.0533. The molecule has 0 atom stereocenters. The number of urea groups is 1. The number of aryl methyl sites for hydroxylation is 1. The van der Waals surface area contributed by atoms with Crippen LogP contribution in [0.5, 0.6) is 0 Å². The van der Waals surface area contributed by atoms with Gasteiger partial charge in [-0.05, 0) is 19.1 Å². The third-order valence-electron chi connectivity index (χ3n) is 3.75. The lowest BCUT2D eigenvalue weighted by Crippen LogP contribution is -2.46. The highest BCUT2D eigenvalue weighted by molar-refractivity contribution is 7.15. The Labute approximate surface area is 139 Å². The second-order valence-electron chi connectivity index (χ2n) is 5.34. The van der Waals surface area contributed by atoms with E-state index < -0.39 is 0 Å². The van der Waals surface area contributed by atoms with Gasteiger partial charge in [0.05, 0.1) is 18.9 Å². The Balaban J connectivity index is 1.54.